The van der Waals surface area contributed by atoms with Crippen molar-refractivity contribution >= 4 is 24.9 Å². The summed E-state index contributed by atoms with van der Waals surface area (Å²) in [5.41, 5.74) is 1.82. The molecule has 0 aromatic heterocycles. The molecule has 0 spiro atoms. The Bertz CT molecular complexity index is 312. The Morgan fingerprint density at radius 2 is 2.13 bits per heavy atom. The van der Waals surface area contributed by atoms with Crippen LogP contribution in [0.25, 0.3) is 0 Å². The minimum atomic E-state index is 0.714. The summed E-state index contributed by atoms with van der Waals surface area (Å²) in [5, 5.41) is 4.11. The van der Waals surface area contributed by atoms with Crippen molar-refractivity contribution in [2.24, 2.45) is 5.92 Å². The van der Waals surface area contributed by atoms with Crippen LogP contribution in [0, 0.1) is 5.92 Å². The number of nitrogens with one attached hydrogen (secondary N) is 1. The normalized spacial score (nSPS) is 10.9. The third-order valence-electron chi connectivity index (χ3n) is 2.29. The molecular formula is C12H17BClN. The van der Waals surface area contributed by atoms with Gasteiger partial charge in [-0.3, -0.25) is 0 Å². The van der Waals surface area contributed by atoms with E-state index in [1.807, 2.05) is 12.1 Å². The van der Waals surface area contributed by atoms with Crippen molar-refractivity contribution < 1.29 is 0 Å². The van der Waals surface area contributed by atoms with E-state index < -0.39 is 0 Å². The molecule has 0 aliphatic heterocycles. The Morgan fingerprint density at radius 1 is 1.40 bits per heavy atom. The first kappa shape index (κ1) is 12.6. The Hall–Kier alpha value is -0.465. The molecule has 0 bridgehead atoms. The second-order valence-corrected chi connectivity index (χ2v) is 4.62. The summed E-state index contributed by atoms with van der Waals surface area (Å²) in [6.07, 6.45) is 1.19. The summed E-state index contributed by atoms with van der Waals surface area (Å²) in [6.45, 7) is 6.28. The molecule has 1 nitrogen and oxygen atoms in total. The molecule has 0 heterocycles. The van der Waals surface area contributed by atoms with E-state index in [0.717, 1.165) is 29.6 Å². The van der Waals surface area contributed by atoms with Crippen LogP contribution in [0.15, 0.2) is 18.2 Å². The van der Waals surface area contributed by atoms with Crippen LogP contribution in [0.4, 0.5) is 0 Å². The maximum absolute atomic E-state index is 6.05. The van der Waals surface area contributed by atoms with Crippen LogP contribution in [-0.2, 0) is 6.54 Å². The van der Waals surface area contributed by atoms with E-state index in [-0.39, 0.29) is 0 Å². The molecule has 0 fully saturated rings. The first-order chi connectivity index (χ1) is 7.09. The second-order valence-electron chi connectivity index (χ2n) is 4.21. The highest BCUT2D eigenvalue weighted by atomic mass is 35.5. The van der Waals surface area contributed by atoms with Gasteiger partial charge in [-0.15, -0.1) is 0 Å². The van der Waals surface area contributed by atoms with E-state index in [1.54, 1.807) is 6.07 Å². The van der Waals surface area contributed by atoms with Crippen molar-refractivity contribution in [2.45, 2.75) is 26.8 Å². The maximum Gasteiger partial charge on any atom is 0.113 e. The van der Waals surface area contributed by atoms with Gasteiger partial charge in [-0.25, -0.2) is 0 Å². The van der Waals surface area contributed by atoms with Gasteiger partial charge in [0, 0.05) is 11.6 Å². The molecule has 0 saturated heterocycles. The molecule has 1 aromatic carbocycles. The van der Waals surface area contributed by atoms with Crippen molar-refractivity contribution in [2.75, 3.05) is 6.54 Å². The smallest absolute Gasteiger partial charge is 0.113 e. The largest absolute Gasteiger partial charge is 0.313 e. The first-order valence-electron chi connectivity index (χ1n) is 5.34. The molecule has 0 atom stereocenters. The fraction of sp³-hybridized carbons (Fsp3) is 0.500. The lowest BCUT2D eigenvalue weighted by molar-refractivity contribution is 0.537. The van der Waals surface area contributed by atoms with Gasteiger partial charge in [0.05, 0.1) is 0 Å². The molecule has 0 aliphatic rings. The third-order valence-corrected chi connectivity index (χ3v) is 2.64. The van der Waals surface area contributed by atoms with E-state index in [4.69, 9.17) is 19.4 Å². The van der Waals surface area contributed by atoms with Gasteiger partial charge < -0.3 is 5.32 Å². The average Bonchev–Trinajstić information content (AvgIpc) is 2.14. The van der Waals surface area contributed by atoms with E-state index in [0.29, 0.717) is 5.46 Å². The van der Waals surface area contributed by atoms with Gasteiger partial charge in [-0.2, -0.15) is 0 Å². The van der Waals surface area contributed by atoms with Crippen molar-refractivity contribution in [1.82, 2.24) is 5.32 Å². The molecule has 80 valence electrons. The van der Waals surface area contributed by atoms with Crippen molar-refractivity contribution in [3.63, 3.8) is 0 Å². The highest BCUT2D eigenvalue weighted by molar-refractivity contribution is 6.36. The molecule has 0 amide bonds. The summed E-state index contributed by atoms with van der Waals surface area (Å²) in [5.74, 6) is 0.736. The van der Waals surface area contributed by atoms with Crippen molar-refractivity contribution in [1.29, 1.82) is 0 Å². The van der Waals surface area contributed by atoms with Crippen LogP contribution in [0.5, 0.6) is 0 Å². The van der Waals surface area contributed by atoms with E-state index in [9.17, 15) is 0 Å². The summed E-state index contributed by atoms with van der Waals surface area (Å²) >= 11 is 6.05. The van der Waals surface area contributed by atoms with Crippen LogP contribution >= 0.6 is 11.6 Å². The molecule has 0 aliphatic carbocycles. The van der Waals surface area contributed by atoms with Gasteiger partial charge in [0.2, 0.25) is 0 Å². The lowest BCUT2D eigenvalue weighted by atomic mass is 9.95. The lowest BCUT2D eigenvalue weighted by Gasteiger charge is -2.08. The van der Waals surface area contributed by atoms with E-state index >= 15 is 0 Å². The molecular weight excluding hydrogens is 204 g/mol. The molecule has 3 heteroatoms. The minimum absolute atomic E-state index is 0.714. The molecule has 0 saturated carbocycles. The fourth-order valence-corrected chi connectivity index (χ4v) is 1.58. The highest BCUT2D eigenvalue weighted by Crippen LogP contribution is 2.13. The maximum atomic E-state index is 6.05. The number of rotatable bonds is 5. The second kappa shape index (κ2) is 6.19. The van der Waals surface area contributed by atoms with Crippen LogP contribution in [-0.4, -0.2) is 14.4 Å². The Balaban J connectivity index is 2.37. The third kappa shape index (κ3) is 4.72. The standard InChI is InChI=1S/C12H17BClN/c1-9(2)5-6-15-8-10-3-4-11(13)7-12(10)14/h3-4,7,9,15H,5-6,8H2,1-2H3. The lowest BCUT2D eigenvalue weighted by Crippen LogP contribution is -2.17. The van der Waals surface area contributed by atoms with Gasteiger partial charge in [0.25, 0.3) is 0 Å². The molecule has 1 rings (SSSR count). The predicted octanol–water partition coefficient (Wildman–Crippen LogP) is 2.27. The SMILES string of the molecule is [B]c1ccc(CNCCC(C)C)c(Cl)c1. The van der Waals surface area contributed by atoms with Crippen molar-refractivity contribution in [3.05, 3.63) is 28.8 Å². The van der Waals surface area contributed by atoms with Gasteiger partial charge in [-0.1, -0.05) is 49.1 Å². The summed E-state index contributed by atoms with van der Waals surface area (Å²) in [4.78, 5) is 0. The predicted molar refractivity (Wildman–Crippen MR) is 68.0 cm³/mol. The van der Waals surface area contributed by atoms with Gasteiger partial charge >= 0.3 is 0 Å². The van der Waals surface area contributed by atoms with E-state index in [2.05, 4.69) is 19.2 Å². The van der Waals surface area contributed by atoms with Crippen LogP contribution in [0.3, 0.4) is 0 Å². The average molecular weight is 222 g/mol. The Labute approximate surface area is 98.6 Å². The fourth-order valence-electron chi connectivity index (χ4n) is 1.32. The van der Waals surface area contributed by atoms with Crippen LogP contribution in [0.2, 0.25) is 5.02 Å². The summed E-state index contributed by atoms with van der Waals surface area (Å²) < 4.78 is 0. The summed E-state index contributed by atoms with van der Waals surface area (Å²) in [6, 6.07) is 5.65. The number of hydrogen-bond acceptors (Lipinski definition) is 1. The minimum Gasteiger partial charge on any atom is -0.313 e. The monoisotopic (exact) mass is 221 g/mol. The van der Waals surface area contributed by atoms with Crippen LogP contribution in [0.1, 0.15) is 25.8 Å². The van der Waals surface area contributed by atoms with Crippen LogP contribution < -0.4 is 10.8 Å². The Kier molecular flexibility index (Phi) is 5.20. The van der Waals surface area contributed by atoms with Crippen molar-refractivity contribution in [3.8, 4) is 0 Å². The van der Waals surface area contributed by atoms with Gasteiger partial charge in [0.1, 0.15) is 7.85 Å². The number of halogens is 1. The zero-order chi connectivity index (χ0) is 11.3. The zero-order valence-electron chi connectivity index (χ0n) is 9.39. The number of hydrogen-bond donors (Lipinski definition) is 1. The number of benzene rings is 1. The first-order valence-corrected chi connectivity index (χ1v) is 5.72. The molecule has 2 radical (unpaired) electrons. The topological polar surface area (TPSA) is 12.0 Å². The van der Waals surface area contributed by atoms with E-state index in [1.165, 1.54) is 6.42 Å². The molecule has 1 aromatic rings. The quantitative estimate of drug-likeness (QED) is 0.594. The molecule has 0 unspecified atom stereocenters. The van der Waals surface area contributed by atoms with Gasteiger partial charge in [0.15, 0.2) is 0 Å². The Morgan fingerprint density at radius 3 is 2.73 bits per heavy atom. The molecule has 15 heavy (non-hydrogen) atoms. The van der Waals surface area contributed by atoms with Gasteiger partial charge in [-0.05, 0) is 24.4 Å². The zero-order valence-corrected chi connectivity index (χ0v) is 10.1. The highest BCUT2D eigenvalue weighted by Gasteiger charge is 2.00. The summed E-state index contributed by atoms with van der Waals surface area (Å²) in [7, 11) is 5.62. The molecule has 1 N–H and O–H groups in total.